The summed E-state index contributed by atoms with van der Waals surface area (Å²) in [4.78, 5) is 33.6. The van der Waals surface area contributed by atoms with E-state index < -0.39 is 23.7 Å². The predicted octanol–water partition coefficient (Wildman–Crippen LogP) is 7.75. The molecule has 3 aromatic carbocycles. The van der Waals surface area contributed by atoms with Crippen molar-refractivity contribution < 1.29 is 18.0 Å². The number of anilines is 1. The van der Waals surface area contributed by atoms with Crippen molar-refractivity contribution in [1.82, 2.24) is 24.1 Å². The van der Waals surface area contributed by atoms with Crippen LogP contribution < -0.4 is 10.9 Å². The number of aromatic nitrogens is 4. The molecule has 0 bridgehead atoms. The average Bonchev–Trinajstić information content (AvgIpc) is 3.68. The molecule has 4 heterocycles. The Morgan fingerprint density at radius 1 is 1.10 bits per heavy atom. The van der Waals surface area contributed by atoms with E-state index in [2.05, 4.69) is 26.2 Å². The van der Waals surface area contributed by atoms with Gasteiger partial charge in [-0.15, -0.1) is 0 Å². The van der Waals surface area contributed by atoms with E-state index in [1.54, 1.807) is 20.2 Å². The lowest BCUT2D eigenvalue weighted by Crippen LogP contribution is -2.47. The highest BCUT2D eigenvalue weighted by atomic mass is 79.9. The van der Waals surface area contributed by atoms with Gasteiger partial charge in [0.1, 0.15) is 5.65 Å². The van der Waals surface area contributed by atoms with Crippen LogP contribution in [0.5, 0.6) is 0 Å². The molecule has 1 atom stereocenters. The van der Waals surface area contributed by atoms with Crippen molar-refractivity contribution in [3.8, 4) is 5.69 Å². The van der Waals surface area contributed by atoms with E-state index in [9.17, 15) is 22.8 Å². The standard InChI is InChI=1S/C36H32BrF3N6O2/c1-3-7-24-16-27-32(20-44(24)34(47)22-10-13-29(37)28(15-22)36(38,39)40)46-33(23(18-43-46)14-21-8-5-4-6-9-21)45(35(27)48)25-11-12-26-30(17-25)42-19-31(26)41-2/h4-6,8-13,15,17-19,24,41-42H,3,7,14,16,20H2,1-2H3. The lowest BCUT2D eigenvalue weighted by molar-refractivity contribution is -0.138. The lowest BCUT2D eigenvalue weighted by atomic mass is 9.94. The van der Waals surface area contributed by atoms with Gasteiger partial charge in [0.25, 0.3) is 11.5 Å². The molecule has 0 saturated carbocycles. The molecule has 2 N–H and O–H groups in total. The van der Waals surface area contributed by atoms with E-state index in [1.807, 2.05) is 68.7 Å². The highest BCUT2D eigenvalue weighted by Gasteiger charge is 2.37. The number of nitrogens with one attached hydrogen (secondary N) is 2. The summed E-state index contributed by atoms with van der Waals surface area (Å²) in [6, 6.07) is 18.9. The Bertz CT molecular complexity index is 2240. The first-order valence-corrected chi connectivity index (χ1v) is 16.5. The van der Waals surface area contributed by atoms with Gasteiger partial charge in [0.15, 0.2) is 0 Å². The minimum absolute atomic E-state index is 0.0243. The van der Waals surface area contributed by atoms with Crippen molar-refractivity contribution in [3.63, 3.8) is 0 Å². The summed E-state index contributed by atoms with van der Waals surface area (Å²) in [5.74, 6) is -0.524. The van der Waals surface area contributed by atoms with Crippen LogP contribution in [0.15, 0.2) is 88.4 Å². The fourth-order valence-electron chi connectivity index (χ4n) is 6.81. The molecule has 7 rings (SSSR count). The molecule has 0 radical (unpaired) electrons. The fraction of sp³-hybridized carbons (Fsp3) is 0.250. The van der Waals surface area contributed by atoms with E-state index >= 15 is 0 Å². The smallest absolute Gasteiger partial charge is 0.386 e. The van der Waals surface area contributed by atoms with Crippen LogP contribution in [0.25, 0.3) is 22.2 Å². The highest BCUT2D eigenvalue weighted by Crippen LogP contribution is 2.36. The number of alkyl halides is 3. The van der Waals surface area contributed by atoms with Crippen LogP contribution in [-0.2, 0) is 25.6 Å². The Balaban J connectivity index is 1.41. The second kappa shape index (κ2) is 12.3. The SMILES string of the molecule is CCCC1Cc2c(n3ncc(Cc4ccccc4)c3n(-c3ccc4c(NC)c[nH]c4c3)c2=O)CN1C(=O)c1ccc(Br)c(C(F)(F)F)c1. The summed E-state index contributed by atoms with van der Waals surface area (Å²) in [5, 5.41) is 8.94. The van der Waals surface area contributed by atoms with E-state index in [-0.39, 0.29) is 28.6 Å². The zero-order valence-corrected chi connectivity index (χ0v) is 27.8. The number of halogens is 4. The van der Waals surface area contributed by atoms with Crippen molar-refractivity contribution >= 4 is 44.1 Å². The first kappa shape index (κ1) is 31.7. The molecule has 0 spiro atoms. The first-order valence-electron chi connectivity index (χ1n) is 15.7. The summed E-state index contributed by atoms with van der Waals surface area (Å²) < 4.78 is 44.6. The number of hydrogen-bond acceptors (Lipinski definition) is 4. The summed E-state index contributed by atoms with van der Waals surface area (Å²) in [6.07, 6.45) is 1.04. The van der Waals surface area contributed by atoms with Crippen molar-refractivity contribution in [2.75, 3.05) is 12.4 Å². The molecule has 6 aromatic rings. The maximum absolute atomic E-state index is 14.7. The number of fused-ring (bicyclic) bond motifs is 4. The van der Waals surface area contributed by atoms with Crippen LogP contribution in [0.3, 0.4) is 0 Å². The summed E-state index contributed by atoms with van der Waals surface area (Å²) in [7, 11) is 1.85. The number of hydrogen-bond donors (Lipinski definition) is 2. The van der Waals surface area contributed by atoms with Gasteiger partial charge in [-0.25, -0.2) is 4.52 Å². The third-order valence-corrected chi connectivity index (χ3v) is 9.82. The highest BCUT2D eigenvalue weighted by molar-refractivity contribution is 9.10. The minimum Gasteiger partial charge on any atom is -0.386 e. The topological polar surface area (TPSA) is 87.4 Å². The molecule has 1 amide bonds. The van der Waals surface area contributed by atoms with Gasteiger partial charge in [0.2, 0.25) is 0 Å². The number of aromatic amines is 1. The first-order chi connectivity index (χ1) is 23.1. The number of benzene rings is 3. The molecular weight excluding hydrogens is 685 g/mol. The number of carbonyl (C=O) groups excluding carboxylic acids is 1. The quantitative estimate of drug-likeness (QED) is 0.177. The maximum atomic E-state index is 14.7. The third-order valence-electron chi connectivity index (χ3n) is 9.13. The third kappa shape index (κ3) is 5.47. The van der Waals surface area contributed by atoms with Crippen molar-refractivity contribution in [2.45, 2.75) is 51.4 Å². The second-order valence-corrected chi connectivity index (χ2v) is 12.9. The van der Waals surface area contributed by atoms with Crippen LogP contribution in [0.4, 0.5) is 18.9 Å². The molecule has 48 heavy (non-hydrogen) atoms. The van der Waals surface area contributed by atoms with Crippen molar-refractivity contribution in [3.05, 3.63) is 127 Å². The normalized spacial score (nSPS) is 14.9. The molecule has 246 valence electrons. The van der Waals surface area contributed by atoms with Crippen LogP contribution in [0, 0.1) is 0 Å². The summed E-state index contributed by atoms with van der Waals surface area (Å²) in [5.41, 5.74) is 4.80. The minimum atomic E-state index is -4.63. The van der Waals surface area contributed by atoms with Crippen LogP contribution in [0.2, 0.25) is 0 Å². The zero-order chi connectivity index (χ0) is 33.7. The molecule has 0 aliphatic carbocycles. The van der Waals surface area contributed by atoms with Gasteiger partial charge in [0, 0.05) is 64.2 Å². The molecular formula is C36H32BrF3N6O2. The van der Waals surface area contributed by atoms with Gasteiger partial charge in [0.05, 0.1) is 35.4 Å². The van der Waals surface area contributed by atoms with Gasteiger partial charge >= 0.3 is 6.18 Å². The van der Waals surface area contributed by atoms with Crippen molar-refractivity contribution in [2.24, 2.45) is 0 Å². The molecule has 0 saturated heterocycles. The predicted molar refractivity (Wildman–Crippen MR) is 183 cm³/mol. The Hall–Kier alpha value is -4.84. The number of H-pyrrole nitrogens is 1. The van der Waals surface area contributed by atoms with Crippen LogP contribution >= 0.6 is 15.9 Å². The number of amides is 1. The van der Waals surface area contributed by atoms with Crippen molar-refractivity contribution in [1.29, 1.82) is 0 Å². The van der Waals surface area contributed by atoms with Gasteiger partial charge < -0.3 is 15.2 Å². The lowest BCUT2D eigenvalue weighted by Gasteiger charge is -2.37. The van der Waals surface area contributed by atoms with Gasteiger partial charge in [-0.3, -0.25) is 14.2 Å². The Kier molecular flexibility index (Phi) is 8.14. The van der Waals surface area contributed by atoms with Gasteiger partial charge in [-0.05, 0) is 48.4 Å². The fourth-order valence-corrected chi connectivity index (χ4v) is 7.28. The molecule has 1 aliphatic rings. The number of nitrogens with zero attached hydrogens (tertiary/aromatic N) is 4. The Morgan fingerprint density at radius 2 is 1.90 bits per heavy atom. The van der Waals surface area contributed by atoms with Crippen LogP contribution in [0.1, 0.15) is 58.1 Å². The average molecular weight is 718 g/mol. The van der Waals surface area contributed by atoms with Crippen LogP contribution in [-0.4, -0.2) is 43.1 Å². The van der Waals surface area contributed by atoms with E-state index in [1.165, 1.54) is 12.1 Å². The van der Waals surface area contributed by atoms with E-state index in [4.69, 9.17) is 5.10 Å². The monoisotopic (exact) mass is 716 g/mol. The zero-order valence-electron chi connectivity index (χ0n) is 26.2. The second-order valence-electron chi connectivity index (χ2n) is 12.1. The number of carbonyl (C=O) groups is 1. The molecule has 3 aromatic heterocycles. The summed E-state index contributed by atoms with van der Waals surface area (Å²) in [6.45, 7) is 2.01. The van der Waals surface area contributed by atoms with Gasteiger partial charge in [-0.2, -0.15) is 18.3 Å². The molecule has 12 heteroatoms. The van der Waals surface area contributed by atoms with E-state index in [0.29, 0.717) is 41.9 Å². The Labute approximate surface area is 282 Å². The van der Waals surface area contributed by atoms with Gasteiger partial charge in [-0.1, -0.05) is 59.6 Å². The largest absolute Gasteiger partial charge is 0.417 e. The maximum Gasteiger partial charge on any atom is 0.417 e. The molecule has 0 fully saturated rings. The van der Waals surface area contributed by atoms with E-state index in [0.717, 1.165) is 33.8 Å². The Morgan fingerprint density at radius 3 is 2.62 bits per heavy atom. The summed E-state index contributed by atoms with van der Waals surface area (Å²) >= 11 is 2.98. The molecule has 1 aliphatic heterocycles. The number of rotatable bonds is 7. The molecule has 1 unspecified atom stereocenters. The molecule has 8 nitrogen and oxygen atoms in total.